The monoisotopic (exact) mass is 402 g/mol. The summed E-state index contributed by atoms with van der Waals surface area (Å²) in [6.07, 6.45) is 4.88. The minimum Gasteiger partial charge on any atom is -0.449 e. The van der Waals surface area contributed by atoms with Crippen LogP contribution < -0.4 is 0 Å². The molecule has 2 saturated heterocycles. The van der Waals surface area contributed by atoms with Gasteiger partial charge in [0.05, 0.1) is 5.02 Å². The molecule has 0 saturated carbocycles. The fraction of sp³-hybridized carbons (Fsp3) is 0.545. The van der Waals surface area contributed by atoms with Gasteiger partial charge < -0.3 is 14.2 Å². The molecule has 0 spiro atoms. The first kappa shape index (κ1) is 19.3. The molecule has 2 amide bonds. The number of carbonyl (C=O) groups is 2. The Hall–Kier alpha value is -2.01. The third kappa shape index (κ3) is 3.52. The Morgan fingerprint density at radius 1 is 1.00 bits per heavy atom. The molecule has 1 aromatic carbocycles. The lowest BCUT2D eigenvalue weighted by Crippen LogP contribution is -2.45. The van der Waals surface area contributed by atoms with Gasteiger partial charge in [-0.2, -0.15) is 0 Å². The highest BCUT2D eigenvalue weighted by Gasteiger charge is 2.32. The van der Waals surface area contributed by atoms with Crippen LogP contribution in [0, 0.1) is 19.8 Å². The van der Waals surface area contributed by atoms with E-state index in [4.69, 9.17) is 16.0 Å². The van der Waals surface area contributed by atoms with Crippen LogP contribution in [-0.4, -0.2) is 47.8 Å². The van der Waals surface area contributed by atoms with Crippen molar-refractivity contribution in [2.45, 2.75) is 46.0 Å². The second-order valence-corrected chi connectivity index (χ2v) is 8.54. The third-order valence-corrected chi connectivity index (χ3v) is 6.41. The van der Waals surface area contributed by atoms with Gasteiger partial charge in [-0.05, 0) is 63.6 Å². The lowest BCUT2D eigenvalue weighted by Gasteiger charge is -2.35. The summed E-state index contributed by atoms with van der Waals surface area (Å²) < 4.78 is 5.87. The van der Waals surface area contributed by atoms with Gasteiger partial charge in [0, 0.05) is 43.0 Å². The van der Waals surface area contributed by atoms with Crippen LogP contribution in [0.2, 0.25) is 5.02 Å². The van der Waals surface area contributed by atoms with Crippen LogP contribution in [0.5, 0.6) is 0 Å². The van der Waals surface area contributed by atoms with Crippen LogP contribution in [0.15, 0.2) is 16.5 Å². The number of hydrogen-bond donors (Lipinski definition) is 0. The van der Waals surface area contributed by atoms with E-state index in [1.54, 1.807) is 0 Å². The van der Waals surface area contributed by atoms with Crippen LogP contribution in [-0.2, 0) is 4.79 Å². The van der Waals surface area contributed by atoms with Crippen molar-refractivity contribution < 1.29 is 14.0 Å². The topological polar surface area (TPSA) is 53.8 Å². The summed E-state index contributed by atoms with van der Waals surface area (Å²) in [5, 5.41) is 1.42. The van der Waals surface area contributed by atoms with Crippen molar-refractivity contribution in [2.24, 2.45) is 5.92 Å². The van der Waals surface area contributed by atoms with Gasteiger partial charge in [-0.15, -0.1) is 0 Å². The molecule has 0 atom stereocenters. The molecule has 6 heteroatoms. The van der Waals surface area contributed by atoms with E-state index in [-0.39, 0.29) is 17.7 Å². The van der Waals surface area contributed by atoms with Crippen molar-refractivity contribution >= 4 is 34.4 Å². The quantitative estimate of drug-likeness (QED) is 0.739. The maximum absolute atomic E-state index is 13.1. The van der Waals surface area contributed by atoms with Crippen molar-refractivity contribution in [1.82, 2.24) is 9.80 Å². The second-order valence-electron chi connectivity index (χ2n) is 8.13. The minimum absolute atomic E-state index is 0.0380. The van der Waals surface area contributed by atoms with Crippen molar-refractivity contribution in [2.75, 3.05) is 26.2 Å². The molecule has 0 unspecified atom stereocenters. The average molecular weight is 403 g/mol. The van der Waals surface area contributed by atoms with E-state index in [9.17, 15) is 9.59 Å². The maximum atomic E-state index is 13.1. The summed E-state index contributed by atoms with van der Waals surface area (Å²) in [4.78, 5) is 29.6. The molecule has 0 N–H and O–H groups in total. The van der Waals surface area contributed by atoms with Crippen molar-refractivity contribution in [3.05, 3.63) is 34.0 Å². The lowest BCUT2D eigenvalue weighted by atomic mass is 9.94. The Morgan fingerprint density at radius 3 is 2.36 bits per heavy atom. The summed E-state index contributed by atoms with van der Waals surface area (Å²) >= 11 is 6.31. The van der Waals surface area contributed by atoms with E-state index in [0.29, 0.717) is 29.5 Å². The Labute approximate surface area is 170 Å². The van der Waals surface area contributed by atoms with E-state index < -0.39 is 0 Å². The molecule has 1 aromatic heterocycles. The number of hydrogen-bond acceptors (Lipinski definition) is 3. The van der Waals surface area contributed by atoms with Gasteiger partial charge in [0.15, 0.2) is 11.3 Å². The van der Waals surface area contributed by atoms with Crippen molar-refractivity contribution in [3.8, 4) is 0 Å². The van der Waals surface area contributed by atoms with E-state index in [1.807, 2.05) is 35.8 Å². The molecular weight excluding hydrogens is 376 g/mol. The first-order valence-electron chi connectivity index (χ1n) is 10.2. The standard InChI is InChI=1S/C22H27ClN2O3/c1-14-12-17-15(2)19(28-20(17)18(23)13-14)22(27)25-10-6-16(7-11-25)21(26)24-8-4-3-5-9-24/h12-13,16H,3-11H2,1-2H3. The molecule has 5 nitrogen and oxygen atoms in total. The first-order chi connectivity index (χ1) is 13.5. The van der Waals surface area contributed by atoms with E-state index >= 15 is 0 Å². The zero-order valence-electron chi connectivity index (χ0n) is 16.6. The summed E-state index contributed by atoms with van der Waals surface area (Å²) in [5.41, 5.74) is 2.44. The summed E-state index contributed by atoms with van der Waals surface area (Å²) in [5.74, 6) is 0.569. The second kappa shape index (κ2) is 7.78. The van der Waals surface area contributed by atoms with Crippen LogP contribution in [0.1, 0.15) is 53.8 Å². The van der Waals surface area contributed by atoms with Crippen molar-refractivity contribution in [3.63, 3.8) is 0 Å². The van der Waals surface area contributed by atoms with Crippen LogP contribution >= 0.6 is 11.6 Å². The van der Waals surface area contributed by atoms with Gasteiger partial charge in [-0.3, -0.25) is 9.59 Å². The maximum Gasteiger partial charge on any atom is 0.289 e. The number of likely N-dealkylation sites (tertiary alicyclic amines) is 2. The largest absolute Gasteiger partial charge is 0.449 e. The molecule has 4 rings (SSSR count). The molecule has 28 heavy (non-hydrogen) atoms. The van der Waals surface area contributed by atoms with Crippen LogP contribution in [0.4, 0.5) is 0 Å². The summed E-state index contributed by atoms with van der Waals surface area (Å²) in [7, 11) is 0. The Morgan fingerprint density at radius 2 is 1.68 bits per heavy atom. The van der Waals surface area contributed by atoms with E-state index in [2.05, 4.69) is 0 Å². The van der Waals surface area contributed by atoms with E-state index in [0.717, 1.165) is 55.3 Å². The third-order valence-electron chi connectivity index (χ3n) is 6.13. The number of aryl methyl sites for hydroxylation is 2. The fourth-order valence-electron chi connectivity index (χ4n) is 4.46. The lowest BCUT2D eigenvalue weighted by molar-refractivity contribution is -0.137. The smallest absolute Gasteiger partial charge is 0.289 e. The number of fused-ring (bicyclic) bond motifs is 1. The molecule has 2 fully saturated rings. The normalized spacial score (nSPS) is 18.7. The Bertz CT molecular complexity index is 906. The number of carbonyl (C=O) groups excluding carboxylic acids is 2. The van der Waals surface area contributed by atoms with Gasteiger partial charge in [-0.25, -0.2) is 0 Å². The molecule has 0 aliphatic carbocycles. The van der Waals surface area contributed by atoms with Gasteiger partial charge in [0.1, 0.15) is 0 Å². The predicted octanol–water partition coefficient (Wildman–Crippen LogP) is 4.57. The summed E-state index contributed by atoms with van der Waals surface area (Å²) in [6.45, 7) is 6.83. The predicted molar refractivity (Wildman–Crippen MR) is 110 cm³/mol. The van der Waals surface area contributed by atoms with E-state index in [1.165, 1.54) is 6.42 Å². The highest BCUT2D eigenvalue weighted by atomic mass is 35.5. The molecule has 2 aliphatic heterocycles. The number of amides is 2. The number of furan rings is 1. The highest BCUT2D eigenvalue weighted by molar-refractivity contribution is 6.35. The Balaban J connectivity index is 1.46. The number of piperidine rings is 2. The minimum atomic E-state index is -0.105. The molecule has 2 aromatic rings. The first-order valence-corrected chi connectivity index (χ1v) is 10.6. The zero-order valence-corrected chi connectivity index (χ0v) is 17.3. The van der Waals surface area contributed by atoms with Gasteiger partial charge in [0.2, 0.25) is 5.91 Å². The number of nitrogens with zero attached hydrogens (tertiary/aromatic N) is 2. The molecule has 3 heterocycles. The van der Waals surface area contributed by atoms with Crippen LogP contribution in [0.3, 0.4) is 0 Å². The SMILES string of the molecule is Cc1cc(Cl)c2oc(C(=O)N3CCC(C(=O)N4CCCCC4)CC3)c(C)c2c1. The van der Waals surface area contributed by atoms with Crippen LogP contribution in [0.25, 0.3) is 11.0 Å². The molecular formula is C22H27ClN2O3. The van der Waals surface area contributed by atoms with Gasteiger partial charge in [-0.1, -0.05) is 11.6 Å². The van der Waals surface area contributed by atoms with Gasteiger partial charge >= 0.3 is 0 Å². The number of rotatable bonds is 2. The molecule has 0 radical (unpaired) electrons. The molecule has 2 aliphatic rings. The Kier molecular flexibility index (Phi) is 5.37. The zero-order chi connectivity index (χ0) is 19.8. The number of benzene rings is 1. The highest BCUT2D eigenvalue weighted by Crippen LogP contribution is 2.33. The molecule has 0 bridgehead atoms. The van der Waals surface area contributed by atoms with Gasteiger partial charge in [0.25, 0.3) is 5.91 Å². The fourth-order valence-corrected chi connectivity index (χ4v) is 4.77. The van der Waals surface area contributed by atoms with Crippen molar-refractivity contribution in [1.29, 1.82) is 0 Å². The average Bonchev–Trinajstić information content (AvgIpc) is 3.04. The number of halogens is 1. The summed E-state index contributed by atoms with van der Waals surface area (Å²) in [6, 6.07) is 3.85. The molecule has 150 valence electrons.